The van der Waals surface area contributed by atoms with Crippen molar-refractivity contribution in [2.75, 3.05) is 5.73 Å². The lowest BCUT2D eigenvalue weighted by molar-refractivity contribution is 0.628. The van der Waals surface area contributed by atoms with Gasteiger partial charge in [-0.1, -0.05) is 29.3 Å². The molecule has 0 saturated carbocycles. The summed E-state index contributed by atoms with van der Waals surface area (Å²) in [4.78, 5) is 1.01. The standard InChI is InChI=1S/C13H10Cl2FNS/c14-10-5-8(1-3-12(10)16)7-18-9-2-4-13(17)11(15)6-9/h1-6H,7,17H2. The predicted molar refractivity (Wildman–Crippen MR) is 76.8 cm³/mol. The average Bonchev–Trinajstić information content (AvgIpc) is 2.35. The highest BCUT2D eigenvalue weighted by Crippen LogP contribution is 2.29. The number of hydrogen-bond donors (Lipinski definition) is 1. The van der Waals surface area contributed by atoms with Gasteiger partial charge in [-0.3, -0.25) is 0 Å². The average molecular weight is 302 g/mol. The predicted octanol–water partition coefficient (Wildman–Crippen LogP) is 5.01. The number of anilines is 1. The molecule has 0 saturated heterocycles. The minimum atomic E-state index is -0.402. The van der Waals surface area contributed by atoms with Crippen molar-refractivity contribution >= 4 is 40.7 Å². The molecule has 0 amide bonds. The first kappa shape index (κ1) is 13.5. The van der Waals surface area contributed by atoms with Crippen LogP contribution in [0.25, 0.3) is 0 Å². The van der Waals surface area contributed by atoms with Gasteiger partial charge < -0.3 is 5.73 Å². The van der Waals surface area contributed by atoms with Crippen molar-refractivity contribution in [3.63, 3.8) is 0 Å². The lowest BCUT2D eigenvalue weighted by atomic mass is 10.2. The van der Waals surface area contributed by atoms with Crippen molar-refractivity contribution in [3.05, 3.63) is 57.8 Å². The Balaban J connectivity index is 2.06. The summed E-state index contributed by atoms with van der Waals surface area (Å²) in [6.07, 6.45) is 0. The fourth-order valence-electron chi connectivity index (χ4n) is 1.39. The largest absolute Gasteiger partial charge is 0.398 e. The van der Waals surface area contributed by atoms with E-state index in [1.807, 2.05) is 12.1 Å². The van der Waals surface area contributed by atoms with Gasteiger partial charge in [0.05, 0.1) is 15.7 Å². The van der Waals surface area contributed by atoms with Crippen LogP contribution in [-0.4, -0.2) is 0 Å². The molecule has 1 nitrogen and oxygen atoms in total. The van der Waals surface area contributed by atoms with E-state index in [9.17, 15) is 4.39 Å². The van der Waals surface area contributed by atoms with Crippen LogP contribution < -0.4 is 5.73 Å². The molecule has 94 valence electrons. The van der Waals surface area contributed by atoms with Crippen molar-refractivity contribution in [2.45, 2.75) is 10.6 Å². The Morgan fingerprint density at radius 1 is 1.06 bits per heavy atom. The van der Waals surface area contributed by atoms with Crippen molar-refractivity contribution in [1.82, 2.24) is 0 Å². The maximum atomic E-state index is 13.0. The van der Waals surface area contributed by atoms with E-state index in [1.54, 1.807) is 30.0 Å². The summed E-state index contributed by atoms with van der Waals surface area (Å²) in [7, 11) is 0. The molecule has 0 heterocycles. The molecule has 0 aliphatic heterocycles. The summed E-state index contributed by atoms with van der Waals surface area (Å²) >= 11 is 13.2. The minimum absolute atomic E-state index is 0.142. The summed E-state index contributed by atoms with van der Waals surface area (Å²) in [5.74, 6) is 0.293. The summed E-state index contributed by atoms with van der Waals surface area (Å²) in [6, 6.07) is 10.2. The maximum Gasteiger partial charge on any atom is 0.141 e. The molecule has 5 heteroatoms. The number of benzene rings is 2. The first-order valence-electron chi connectivity index (χ1n) is 5.18. The Morgan fingerprint density at radius 2 is 1.83 bits per heavy atom. The Hall–Kier alpha value is -0.900. The molecule has 0 fully saturated rings. The molecule has 2 N–H and O–H groups in total. The molecule has 0 aliphatic carbocycles. The van der Waals surface area contributed by atoms with E-state index in [0.29, 0.717) is 16.5 Å². The van der Waals surface area contributed by atoms with E-state index in [2.05, 4.69) is 0 Å². The lowest BCUT2D eigenvalue weighted by Crippen LogP contribution is -1.87. The zero-order valence-corrected chi connectivity index (χ0v) is 11.6. The van der Waals surface area contributed by atoms with Crippen LogP contribution in [0.15, 0.2) is 41.3 Å². The molecule has 0 atom stereocenters. The lowest BCUT2D eigenvalue weighted by Gasteiger charge is -2.05. The molecule has 18 heavy (non-hydrogen) atoms. The highest BCUT2D eigenvalue weighted by atomic mass is 35.5. The van der Waals surface area contributed by atoms with Gasteiger partial charge in [-0.05, 0) is 35.9 Å². The van der Waals surface area contributed by atoms with Gasteiger partial charge in [-0.25, -0.2) is 4.39 Å². The third kappa shape index (κ3) is 3.31. The minimum Gasteiger partial charge on any atom is -0.398 e. The van der Waals surface area contributed by atoms with Gasteiger partial charge in [-0.2, -0.15) is 0 Å². The fraction of sp³-hybridized carbons (Fsp3) is 0.0769. The molecule has 0 aliphatic rings. The smallest absolute Gasteiger partial charge is 0.141 e. The van der Waals surface area contributed by atoms with Crippen molar-refractivity contribution < 1.29 is 4.39 Å². The number of rotatable bonds is 3. The first-order chi connectivity index (χ1) is 8.56. The molecule has 2 rings (SSSR count). The zero-order chi connectivity index (χ0) is 13.1. The third-order valence-electron chi connectivity index (χ3n) is 2.36. The molecule has 0 unspecified atom stereocenters. The Morgan fingerprint density at radius 3 is 2.50 bits per heavy atom. The quantitative estimate of drug-likeness (QED) is 0.637. The second-order valence-corrected chi connectivity index (χ2v) is 5.58. The van der Waals surface area contributed by atoms with Gasteiger partial charge in [0.25, 0.3) is 0 Å². The Labute approximate surface area is 119 Å². The SMILES string of the molecule is Nc1ccc(SCc2ccc(F)c(Cl)c2)cc1Cl. The highest BCUT2D eigenvalue weighted by Gasteiger charge is 2.03. The molecule has 0 aromatic heterocycles. The van der Waals surface area contributed by atoms with Crippen LogP contribution in [0.2, 0.25) is 10.0 Å². The summed E-state index contributed by atoms with van der Waals surface area (Å²) in [6.45, 7) is 0. The highest BCUT2D eigenvalue weighted by molar-refractivity contribution is 7.98. The van der Waals surface area contributed by atoms with E-state index in [4.69, 9.17) is 28.9 Å². The molecule has 0 radical (unpaired) electrons. The maximum absolute atomic E-state index is 13.0. The number of nitrogens with two attached hydrogens (primary N) is 1. The first-order valence-corrected chi connectivity index (χ1v) is 6.92. The normalized spacial score (nSPS) is 10.6. The van der Waals surface area contributed by atoms with Crippen LogP contribution in [-0.2, 0) is 5.75 Å². The molecule has 0 spiro atoms. The van der Waals surface area contributed by atoms with Gasteiger partial charge in [-0.15, -0.1) is 11.8 Å². The Bertz CT molecular complexity index is 523. The number of nitrogen functional groups attached to an aromatic ring is 1. The number of halogens is 3. The second-order valence-electron chi connectivity index (χ2n) is 3.72. The van der Waals surface area contributed by atoms with Gasteiger partial charge in [0.15, 0.2) is 0 Å². The monoisotopic (exact) mass is 301 g/mol. The van der Waals surface area contributed by atoms with Crippen LogP contribution in [0, 0.1) is 5.82 Å². The van der Waals surface area contributed by atoms with Crippen molar-refractivity contribution in [3.8, 4) is 0 Å². The van der Waals surface area contributed by atoms with Gasteiger partial charge in [0.2, 0.25) is 0 Å². The van der Waals surface area contributed by atoms with Gasteiger partial charge in [0, 0.05) is 10.6 Å². The van der Waals surface area contributed by atoms with E-state index in [0.717, 1.165) is 10.5 Å². The number of hydrogen-bond acceptors (Lipinski definition) is 2. The molecule has 2 aromatic carbocycles. The molecule has 2 aromatic rings. The van der Waals surface area contributed by atoms with Crippen molar-refractivity contribution in [2.24, 2.45) is 0 Å². The van der Waals surface area contributed by atoms with E-state index >= 15 is 0 Å². The van der Waals surface area contributed by atoms with Crippen LogP contribution in [0.4, 0.5) is 10.1 Å². The molecular weight excluding hydrogens is 292 g/mol. The van der Waals surface area contributed by atoms with E-state index < -0.39 is 5.82 Å². The van der Waals surface area contributed by atoms with Gasteiger partial charge in [0.1, 0.15) is 5.82 Å². The topological polar surface area (TPSA) is 26.0 Å². The van der Waals surface area contributed by atoms with Crippen LogP contribution in [0.3, 0.4) is 0 Å². The second kappa shape index (κ2) is 5.83. The van der Waals surface area contributed by atoms with Gasteiger partial charge >= 0.3 is 0 Å². The van der Waals surface area contributed by atoms with Crippen molar-refractivity contribution in [1.29, 1.82) is 0 Å². The van der Waals surface area contributed by atoms with E-state index in [1.165, 1.54) is 6.07 Å². The Kier molecular flexibility index (Phi) is 4.38. The third-order valence-corrected chi connectivity index (χ3v) is 4.04. The fourth-order valence-corrected chi connectivity index (χ4v) is 2.72. The summed E-state index contributed by atoms with van der Waals surface area (Å²) in [5, 5.41) is 0.681. The van der Waals surface area contributed by atoms with E-state index in [-0.39, 0.29) is 5.02 Å². The van der Waals surface area contributed by atoms with Crippen LogP contribution in [0.1, 0.15) is 5.56 Å². The number of thioether (sulfide) groups is 1. The summed E-state index contributed by atoms with van der Waals surface area (Å²) < 4.78 is 13.0. The molecule has 0 bridgehead atoms. The summed E-state index contributed by atoms with van der Waals surface area (Å²) in [5.41, 5.74) is 7.15. The van der Waals surface area contributed by atoms with Crippen LogP contribution >= 0.6 is 35.0 Å². The molecular formula is C13H10Cl2FNS. The zero-order valence-electron chi connectivity index (χ0n) is 9.29. The van der Waals surface area contributed by atoms with Crippen LogP contribution in [0.5, 0.6) is 0 Å².